The highest BCUT2D eigenvalue weighted by atomic mass is 32.2. The van der Waals surface area contributed by atoms with E-state index in [1.165, 1.54) is 8.61 Å². The van der Waals surface area contributed by atoms with Crippen molar-refractivity contribution in [3.63, 3.8) is 0 Å². The molecule has 1 amide bonds. The summed E-state index contributed by atoms with van der Waals surface area (Å²) < 4.78 is 28.6. The van der Waals surface area contributed by atoms with Crippen LogP contribution in [0.2, 0.25) is 0 Å². The smallest absolute Gasteiger partial charge is 0.281 e. The third kappa shape index (κ3) is 5.30. The predicted molar refractivity (Wildman–Crippen MR) is 89.9 cm³/mol. The second-order valence-corrected chi connectivity index (χ2v) is 7.75. The highest BCUT2D eigenvalue weighted by Crippen LogP contribution is 2.17. The van der Waals surface area contributed by atoms with Crippen LogP contribution >= 0.6 is 0 Å². The summed E-state index contributed by atoms with van der Waals surface area (Å²) in [6.07, 6.45) is 3.51. The highest BCUT2D eigenvalue weighted by molar-refractivity contribution is 7.86. The Hall–Kier alpha value is -1.44. The van der Waals surface area contributed by atoms with E-state index in [1.54, 1.807) is 0 Å². The largest absolute Gasteiger partial charge is 0.370 e. The average Bonchev–Trinajstić information content (AvgIpc) is 2.56. The first-order valence-electron chi connectivity index (χ1n) is 8.07. The normalized spacial score (nSPS) is 16.6. The van der Waals surface area contributed by atoms with E-state index in [1.807, 2.05) is 30.3 Å². The lowest BCUT2D eigenvalue weighted by Crippen LogP contribution is -2.47. The van der Waals surface area contributed by atoms with Crippen LogP contribution < -0.4 is 5.73 Å². The molecule has 1 aliphatic heterocycles. The molecule has 0 radical (unpaired) electrons. The van der Waals surface area contributed by atoms with Crippen LogP contribution in [0.3, 0.4) is 0 Å². The standard InChI is InChI=1S/C16H25N3O3S/c17-16(20)10-14-19(13-9-15-7-3-1-4-8-15)23(21,22)18-11-5-2-6-12-18/h1,3-4,7-8H,2,5-6,9-14H2,(H2,17,20). The minimum atomic E-state index is -3.53. The first-order chi connectivity index (χ1) is 11.0. The van der Waals surface area contributed by atoms with Gasteiger partial charge in [0.25, 0.3) is 10.2 Å². The van der Waals surface area contributed by atoms with E-state index in [0.29, 0.717) is 26.1 Å². The molecule has 23 heavy (non-hydrogen) atoms. The van der Waals surface area contributed by atoms with Crippen molar-refractivity contribution in [1.82, 2.24) is 8.61 Å². The van der Waals surface area contributed by atoms with Crippen LogP contribution in [0, 0.1) is 0 Å². The van der Waals surface area contributed by atoms with Crippen LogP contribution in [0.1, 0.15) is 31.2 Å². The number of nitrogens with two attached hydrogens (primary N) is 1. The van der Waals surface area contributed by atoms with E-state index in [2.05, 4.69) is 0 Å². The van der Waals surface area contributed by atoms with Gasteiger partial charge in [0.1, 0.15) is 0 Å². The molecule has 1 saturated heterocycles. The van der Waals surface area contributed by atoms with Crippen molar-refractivity contribution in [2.75, 3.05) is 26.2 Å². The number of primary amides is 1. The molecule has 128 valence electrons. The fourth-order valence-electron chi connectivity index (χ4n) is 2.73. The van der Waals surface area contributed by atoms with Gasteiger partial charge in [-0.3, -0.25) is 4.79 Å². The summed E-state index contributed by atoms with van der Waals surface area (Å²) in [6.45, 7) is 1.61. The minimum Gasteiger partial charge on any atom is -0.370 e. The van der Waals surface area contributed by atoms with Gasteiger partial charge in [0, 0.05) is 32.6 Å². The number of benzene rings is 1. The Bertz CT molecular complexity index is 598. The number of carbonyl (C=O) groups is 1. The number of carbonyl (C=O) groups excluding carboxylic acids is 1. The maximum Gasteiger partial charge on any atom is 0.281 e. The van der Waals surface area contributed by atoms with Gasteiger partial charge < -0.3 is 5.73 Å². The number of piperidine rings is 1. The van der Waals surface area contributed by atoms with E-state index < -0.39 is 16.1 Å². The van der Waals surface area contributed by atoms with Crippen molar-refractivity contribution in [3.8, 4) is 0 Å². The number of nitrogens with zero attached hydrogens (tertiary/aromatic N) is 2. The summed E-state index contributed by atoms with van der Waals surface area (Å²) in [6, 6.07) is 9.74. The van der Waals surface area contributed by atoms with Crippen molar-refractivity contribution in [2.45, 2.75) is 32.1 Å². The zero-order chi connectivity index (χ0) is 16.7. The van der Waals surface area contributed by atoms with Crippen LogP contribution in [0.25, 0.3) is 0 Å². The lowest BCUT2D eigenvalue weighted by Gasteiger charge is -2.32. The van der Waals surface area contributed by atoms with Crippen LogP contribution in [0.4, 0.5) is 0 Å². The van der Waals surface area contributed by atoms with Gasteiger partial charge in [-0.2, -0.15) is 17.0 Å². The van der Waals surface area contributed by atoms with Gasteiger partial charge in [-0.15, -0.1) is 0 Å². The van der Waals surface area contributed by atoms with E-state index in [0.717, 1.165) is 24.8 Å². The number of amides is 1. The highest BCUT2D eigenvalue weighted by Gasteiger charge is 2.30. The summed E-state index contributed by atoms with van der Waals surface area (Å²) in [5.74, 6) is -0.483. The van der Waals surface area contributed by atoms with Gasteiger partial charge in [-0.1, -0.05) is 36.8 Å². The molecule has 0 unspecified atom stereocenters. The number of hydrogen-bond donors (Lipinski definition) is 1. The van der Waals surface area contributed by atoms with Crippen LogP contribution in [0.15, 0.2) is 30.3 Å². The van der Waals surface area contributed by atoms with E-state index >= 15 is 0 Å². The monoisotopic (exact) mass is 339 g/mol. The molecule has 1 heterocycles. The molecule has 0 atom stereocenters. The molecule has 6 nitrogen and oxygen atoms in total. The molecule has 1 aromatic rings. The van der Waals surface area contributed by atoms with E-state index in [-0.39, 0.29) is 13.0 Å². The lowest BCUT2D eigenvalue weighted by molar-refractivity contribution is -0.118. The number of hydrogen-bond acceptors (Lipinski definition) is 3. The maximum absolute atomic E-state index is 12.8. The predicted octanol–water partition coefficient (Wildman–Crippen LogP) is 1.14. The summed E-state index contributed by atoms with van der Waals surface area (Å²) in [5.41, 5.74) is 6.27. The van der Waals surface area contributed by atoms with Crippen LogP contribution in [-0.4, -0.2) is 49.1 Å². The second-order valence-electron chi connectivity index (χ2n) is 5.82. The van der Waals surface area contributed by atoms with Gasteiger partial charge in [-0.05, 0) is 24.8 Å². The minimum absolute atomic E-state index is 0.0435. The molecule has 0 aliphatic carbocycles. The fourth-order valence-corrected chi connectivity index (χ4v) is 4.43. The van der Waals surface area contributed by atoms with E-state index in [4.69, 9.17) is 5.73 Å². The third-order valence-electron chi connectivity index (χ3n) is 4.07. The zero-order valence-electron chi connectivity index (χ0n) is 13.4. The Morgan fingerprint density at radius 2 is 1.74 bits per heavy atom. The fraction of sp³-hybridized carbons (Fsp3) is 0.562. The lowest BCUT2D eigenvalue weighted by atomic mass is 10.1. The van der Waals surface area contributed by atoms with Gasteiger partial charge in [-0.25, -0.2) is 0 Å². The quantitative estimate of drug-likeness (QED) is 0.771. The van der Waals surface area contributed by atoms with Gasteiger partial charge in [0.15, 0.2) is 0 Å². The second kappa shape index (κ2) is 8.42. The van der Waals surface area contributed by atoms with Crippen molar-refractivity contribution in [1.29, 1.82) is 0 Å². The first-order valence-corrected chi connectivity index (χ1v) is 9.47. The Kier molecular flexibility index (Phi) is 6.56. The molecule has 2 N–H and O–H groups in total. The van der Waals surface area contributed by atoms with Crippen LogP contribution in [-0.2, 0) is 21.4 Å². The third-order valence-corrected chi connectivity index (χ3v) is 6.10. The number of rotatable bonds is 8. The summed E-state index contributed by atoms with van der Waals surface area (Å²) in [5, 5.41) is 0. The molecule has 0 bridgehead atoms. The van der Waals surface area contributed by atoms with Gasteiger partial charge in [0.2, 0.25) is 5.91 Å². The molecule has 0 spiro atoms. The van der Waals surface area contributed by atoms with Crippen molar-refractivity contribution in [2.24, 2.45) is 5.73 Å². The molecule has 1 aromatic carbocycles. The Morgan fingerprint density at radius 1 is 1.09 bits per heavy atom. The SMILES string of the molecule is NC(=O)CCN(CCc1ccccc1)S(=O)(=O)N1CCCCC1. The Balaban J connectivity index is 2.07. The maximum atomic E-state index is 12.8. The molecule has 1 fully saturated rings. The molecular formula is C16H25N3O3S. The summed E-state index contributed by atoms with van der Waals surface area (Å²) in [7, 11) is -3.53. The molecule has 0 saturated carbocycles. The first kappa shape index (κ1) is 17.9. The molecular weight excluding hydrogens is 314 g/mol. The Morgan fingerprint density at radius 3 is 2.35 bits per heavy atom. The van der Waals surface area contributed by atoms with Crippen molar-refractivity contribution < 1.29 is 13.2 Å². The summed E-state index contributed by atoms with van der Waals surface area (Å²) >= 11 is 0. The molecule has 0 aromatic heterocycles. The molecule has 1 aliphatic rings. The van der Waals surface area contributed by atoms with E-state index in [9.17, 15) is 13.2 Å². The van der Waals surface area contributed by atoms with Gasteiger partial charge in [0.05, 0.1) is 0 Å². The average molecular weight is 339 g/mol. The van der Waals surface area contributed by atoms with Crippen molar-refractivity contribution >= 4 is 16.1 Å². The Labute approximate surface area is 138 Å². The molecule has 7 heteroatoms. The van der Waals surface area contributed by atoms with Gasteiger partial charge >= 0.3 is 0 Å². The summed E-state index contributed by atoms with van der Waals surface area (Å²) in [4.78, 5) is 11.1. The van der Waals surface area contributed by atoms with Crippen LogP contribution in [0.5, 0.6) is 0 Å². The molecule has 2 rings (SSSR count). The topological polar surface area (TPSA) is 83.7 Å². The zero-order valence-corrected chi connectivity index (χ0v) is 14.2. The van der Waals surface area contributed by atoms with Crippen molar-refractivity contribution in [3.05, 3.63) is 35.9 Å².